The first kappa shape index (κ1) is 12.8. The molecular formula is C16H15N3S. The van der Waals surface area contributed by atoms with E-state index >= 15 is 0 Å². The van der Waals surface area contributed by atoms with Crippen molar-refractivity contribution in [3.8, 4) is 0 Å². The molecule has 3 aromatic rings. The fourth-order valence-electron chi connectivity index (χ4n) is 2.32. The summed E-state index contributed by atoms with van der Waals surface area (Å²) in [5, 5.41) is 1.18. The van der Waals surface area contributed by atoms with Gasteiger partial charge in [0.1, 0.15) is 4.99 Å². The molecule has 20 heavy (non-hydrogen) atoms. The van der Waals surface area contributed by atoms with E-state index in [9.17, 15) is 0 Å². The van der Waals surface area contributed by atoms with E-state index in [1.54, 1.807) is 0 Å². The van der Waals surface area contributed by atoms with Gasteiger partial charge in [0.2, 0.25) is 0 Å². The molecule has 0 aliphatic carbocycles. The summed E-state index contributed by atoms with van der Waals surface area (Å²) in [6.07, 6.45) is 3.90. The number of nitrogens with zero attached hydrogens (tertiary/aromatic N) is 2. The fourth-order valence-corrected chi connectivity index (χ4v) is 2.45. The Bertz CT molecular complexity index is 789. The van der Waals surface area contributed by atoms with Crippen LogP contribution in [0.5, 0.6) is 0 Å². The van der Waals surface area contributed by atoms with Crippen LogP contribution in [-0.4, -0.2) is 14.5 Å². The standard InChI is InChI=1S/C16H15N3S/c1-11-3-2-7-18-14(11)10-19-8-6-12-4-5-13(16(17)20)9-15(12)19/h2-9H,10H2,1H3,(H2,17,20). The zero-order valence-corrected chi connectivity index (χ0v) is 12.0. The Morgan fingerprint density at radius 3 is 2.90 bits per heavy atom. The van der Waals surface area contributed by atoms with Crippen LogP contribution in [0.1, 0.15) is 16.8 Å². The SMILES string of the molecule is Cc1cccnc1Cn1ccc2ccc(C(N)=S)cc21. The first-order valence-corrected chi connectivity index (χ1v) is 6.85. The van der Waals surface area contributed by atoms with Gasteiger partial charge in [0.15, 0.2) is 0 Å². The Kier molecular flexibility index (Phi) is 3.24. The summed E-state index contributed by atoms with van der Waals surface area (Å²) in [7, 11) is 0. The number of nitrogens with two attached hydrogens (primary N) is 1. The van der Waals surface area contributed by atoms with Crippen molar-refractivity contribution in [2.45, 2.75) is 13.5 Å². The van der Waals surface area contributed by atoms with Gasteiger partial charge in [-0.3, -0.25) is 4.98 Å². The van der Waals surface area contributed by atoms with Crippen molar-refractivity contribution in [2.75, 3.05) is 0 Å². The maximum Gasteiger partial charge on any atom is 0.104 e. The van der Waals surface area contributed by atoms with Crippen LogP contribution >= 0.6 is 12.2 Å². The van der Waals surface area contributed by atoms with Crippen molar-refractivity contribution in [2.24, 2.45) is 5.73 Å². The molecule has 0 saturated carbocycles. The van der Waals surface area contributed by atoms with Crippen LogP contribution in [0.2, 0.25) is 0 Å². The number of aryl methyl sites for hydroxylation is 1. The van der Waals surface area contributed by atoms with Crippen LogP contribution in [0.4, 0.5) is 0 Å². The summed E-state index contributed by atoms with van der Waals surface area (Å²) < 4.78 is 2.17. The highest BCUT2D eigenvalue weighted by molar-refractivity contribution is 7.80. The van der Waals surface area contributed by atoms with E-state index in [2.05, 4.69) is 34.8 Å². The number of hydrogen-bond donors (Lipinski definition) is 1. The Morgan fingerprint density at radius 2 is 2.15 bits per heavy atom. The average Bonchev–Trinajstić information content (AvgIpc) is 2.84. The van der Waals surface area contributed by atoms with E-state index in [0.29, 0.717) is 4.99 Å². The lowest BCUT2D eigenvalue weighted by Gasteiger charge is -2.08. The molecule has 1 aromatic carbocycles. The molecule has 0 amide bonds. The quantitative estimate of drug-likeness (QED) is 0.750. The van der Waals surface area contributed by atoms with Gasteiger partial charge in [0, 0.05) is 23.5 Å². The number of rotatable bonds is 3. The van der Waals surface area contributed by atoms with Crippen molar-refractivity contribution >= 4 is 28.1 Å². The molecule has 0 aliphatic rings. The van der Waals surface area contributed by atoms with Crippen LogP contribution < -0.4 is 5.73 Å². The molecule has 3 rings (SSSR count). The monoisotopic (exact) mass is 281 g/mol. The minimum absolute atomic E-state index is 0.425. The lowest BCUT2D eigenvalue weighted by Crippen LogP contribution is -2.09. The maximum atomic E-state index is 5.71. The predicted molar refractivity (Wildman–Crippen MR) is 85.9 cm³/mol. The van der Waals surface area contributed by atoms with Crippen LogP contribution in [0.15, 0.2) is 48.8 Å². The summed E-state index contributed by atoms with van der Waals surface area (Å²) in [5.41, 5.74) is 10.00. The van der Waals surface area contributed by atoms with E-state index in [1.807, 2.05) is 30.5 Å². The van der Waals surface area contributed by atoms with Crippen LogP contribution in [0, 0.1) is 6.92 Å². The third-order valence-electron chi connectivity index (χ3n) is 3.50. The minimum Gasteiger partial charge on any atom is -0.389 e. The lowest BCUT2D eigenvalue weighted by atomic mass is 10.1. The number of aromatic nitrogens is 2. The molecule has 0 saturated heterocycles. The third-order valence-corrected chi connectivity index (χ3v) is 3.73. The molecule has 2 N–H and O–H groups in total. The molecule has 3 nitrogen and oxygen atoms in total. The van der Waals surface area contributed by atoms with Crippen LogP contribution in [0.3, 0.4) is 0 Å². The Hall–Kier alpha value is -2.20. The van der Waals surface area contributed by atoms with Gasteiger partial charge in [-0.2, -0.15) is 0 Å². The van der Waals surface area contributed by atoms with Crippen molar-refractivity contribution in [3.05, 3.63) is 65.6 Å². The number of fused-ring (bicyclic) bond motifs is 1. The van der Waals surface area contributed by atoms with E-state index in [0.717, 1.165) is 23.3 Å². The second kappa shape index (κ2) is 5.06. The molecule has 100 valence electrons. The van der Waals surface area contributed by atoms with E-state index in [4.69, 9.17) is 18.0 Å². The van der Waals surface area contributed by atoms with Gasteiger partial charge in [0.25, 0.3) is 0 Å². The molecule has 0 spiro atoms. The summed E-state index contributed by atoms with van der Waals surface area (Å²) in [6, 6.07) is 12.2. The van der Waals surface area contributed by atoms with Gasteiger partial charge in [-0.15, -0.1) is 0 Å². The summed E-state index contributed by atoms with van der Waals surface area (Å²) >= 11 is 5.05. The molecule has 0 radical (unpaired) electrons. The highest BCUT2D eigenvalue weighted by Crippen LogP contribution is 2.19. The third kappa shape index (κ3) is 2.30. The molecule has 2 heterocycles. The number of thiocarbonyl (C=S) groups is 1. The molecule has 0 aliphatic heterocycles. The molecule has 0 unspecified atom stereocenters. The zero-order chi connectivity index (χ0) is 14.1. The fraction of sp³-hybridized carbons (Fsp3) is 0.125. The largest absolute Gasteiger partial charge is 0.389 e. The van der Waals surface area contributed by atoms with Crippen molar-refractivity contribution in [1.82, 2.24) is 9.55 Å². The van der Waals surface area contributed by atoms with E-state index < -0.39 is 0 Å². The number of hydrogen-bond acceptors (Lipinski definition) is 2. The van der Waals surface area contributed by atoms with Gasteiger partial charge in [0.05, 0.1) is 12.2 Å². The van der Waals surface area contributed by atoms with E-state index in [1.165, 1.54) is 10.9 Å². The molecule has 0 fully saturated rings. The Morgan fingerprint density at radius 1 is 1.30 bits per heavy atom. The summed E-state index contributed by atoms with van der Waals surface area (Å²) in [6.45, 7) is 2.82. The highest BCUT2D eigenvalue weighted by atomic mass is 32.1. The van der Waals surface area contributed by atoms with Crippen molar-refractivity contribution < 1.29 is 0 Å². The maximum absolute atomic E-state index is 5.71. The predicted octanol–water partition coefficient (Wildman–Crippen LogP) is 3.03. The molecule has 0 bridgehead atoms. The second-order valence-electron chi connectivity index (χ2n) is 4.85. The number of pyridine rings is 1. The first-order chi connectivity index (χ1) is 9.65. The van der Waals surface area contributed by atoms with Gasteiger partial charge in [-0.25, -0.2) is 0 Å². The van der Waals surface area contributed by atoms with Gasteiger partial charge in [-0.05, 0) is 36.1 Å². The van der Waals surface area contributed by atoms with Crippen molar-refractivity contribution in [3.63, 3.8) is 0 Å². The normalized spacial score (nSPS) is 10.8. The van der Waals surface area contributed by atoms with Gasteiger partial charge in [-0.1, -0.05) is 30.4 Å². The molecule has 4 heteroatoms. The van der Waals surface area contributed by atoms with Crippen molar-refractivity contribution in [1.29, 1.82) is 0 Å². The summed E-state index contributed by atoms with van der Waals surface area (Å²) in [5.74, 6) is 0. The van der Waals surface area contributed by atoms with Crippen LogP contribution in [-0.2, 0) is 6.54 Å². The van der Waals surface area contributed by atoms with Gasteiger partial charge < -0.3 is 10.3 Å². The molecule has 0 atom stereocenters. The van der Waals surface area contributed by atoms with Gasteiger partial charge >= 0.3 is 0 Å². The number of benzene rings is 1. The molecular weight excluding hydrogens is 266 g/mol. The van der Waals surface area contributed by atoms with E-state index in [-0.39, 0.29) is 0 Å². The van der Waals surface area contributed by atoms with Crippen LogP contribution in [0.25, 0.3) is 10.9 Å². The Balaban J connectivity index is 2.06. The smallest absolute Gasteiger partial charge is 0.104 e. The molecule has 2 aromatic heterocycles. The zero-order valence-electron chi connectivity index (χ0n) is 11.2. The topological polar surface area (TPSA) is 43.8 Å². The highest BCUT2D eigenvalue weighted by Gasteiger charge is 2.06. The lowest BCUT2D eigenvalue weighted by molar-refractivity contribution is 0.799. The Labute approximate surface area is 123 Å². The summed E-state index contributed by atoms with van der Waals surface area (Å²) in [4.78, 5) is 4.87. The first-order valence-electron chi connectivity index (χ1n) is 6.44. The minimum atomic E-state index is 0.425. The average molecular weight is 281 g/mol. The second-order valence-corrected chi connectivity index (χ2v) is 5.29.